The van der Waals surface area contributed by atoms with Crippen LogP contribution in [0.4, 0.5) is 11.4 Å². The van der Waals surface area contributed by atoms with E-state index in [4.69, 9.17) is 20.8 Å². The van der Waals surface area contributed by atoms with Crippen molar-refractivity contribution >= 4 is 40.6 Å². The molecule has 0 radical (unpaired) electrons. The number of nitrogens with zero attached hydrogens (tertiary/aromatic N) is 3. The molecule has 31 heavy (non-hydrogen) atoms. The number of nitrogens with one attached hydrogen (secondary N) is 1. The predicted octanol–water partition coefficient (Wildman–Crippen LogP) is 5.12. The molecule has 9 heteroatoms. The number of methoxy groups -OCH3 is 1. The molecule has 1 aromatic heterocycles. The van der Waals surface area contributed by atoms with Crippen LogP contribution in [0.25, 0.3) is 11.5 Å². The average Bonchev–Trinajstić information content (AvgIpc) is 3.28. The van der Waals surface area contributed by atoms with Gasteiger partial charge in [-0.2, -0.15) is 0 Å². The van der Waals surface area contributed by atoms with Crippen LogP contribution in [0.1, 0.15) is 19.3 Å². The molecule has 0 unspecified atom stereocenters. The Kier molecular flexibility index (Phi) is 6.99. The van der Waals surface area contributed by atoms with Gasteiger partial charge < -0.3 is 19.4 Å². The number of amides is 1. The van der Waals surface area contributed by atoms with Crippen LogP contribution < -0.4 is 15.0 Å². The number of hydrogen-bond donors (Lipinski definition) is 1. The van der Waals surface area contributed by atoms with Crippen molar-refractivity contribution in [3.05, 3.63) is 47.5 Å². The van der Waals surface area contributed by atoms with Crippen molar-refractivity contribution in [2.45, 2.75) is 24.5 Å². The number of rotatable bonds is 7. The topological polar surface area (TPSA) is 80.5 Å². The first-order valence-corrected chi connectivity index (χ1v) is 11.4. The number of halogens is 1. The zero-order chi connectivity index (χ0) is 21.6. The standard InChI is InChI=1S/C22H23ClN4O3S/c1-29-16-8-5-7-15(13-16)21-25-26-22(30-21)31-14-19(28)24-18-10-6-9-17(23)20(18)27-11-3-2-4-12-27/h5-10,13H,2-4,11-12,14H2,1H3,(H,24,28). The Hall–Kier alpha value is -2.71. The van der Waals surface area contributed by atoms with Gasteiger partial charge in [0.25, 0.3) is 5.22 Å². The molecule has 1 N–H and O–H groups in total. The number of benzene rings is 2. The number of carbonyl (C=O) groups excluding carboxylic acids is 1. The van der Waals surface area contributed by atoms with E-state index >= 15 is 0 Å². The van der Waals surface area contributed by atoms with Gasteiger partial charge in [-0.05, 0) is 49.6 Å². The Balaban J connectivity index is 1.39. The first kappa shape index (κ1) is 21.5. The molecule has 0 spiro atoms. The second-order valence-corrected chi connectivity index (χ2v) is 8.46. The Morgan fingerprint density at radius 2 is 2.00 bits per heavy atom. The van der Waals surface area contributed by atoms with E-state index in [1.54, 1.807) is 7.11 Å². The van der Waals surface area contributed by atoms with Gasteiger partial charge in [0, 0.05) is 18.7 Å². The van der Waals surface area contributed by atoms with Crippen molar-refractivity contribution in [2.24, 2.45) is 0 Å². The molecule has 2 aromatic carbocycles. The molecular formula is C22H23ClN4O3S. The summed E-state index contributed by atoms with van der Waals surface area (Å²) in [6, 6.07) is 12.9. The smallest absolute Gasteiger partial charge is 0.277 e. The minimum Gasteiger partial charge on any atom is -0.497 e. The third kappa shape index (κ3) is 5.32. The molecule has 2 heterocycles. The number of carbonyl (C=O) groups is 1. The first-order chi connectivity index (χ1) is 15.1. The largest absolute Gasteiger partial charge is 0.497 e. The summed E-state index contributed by atoms with van der Waals surface area (Å²) < 4.78 is 10.9. The van der Waals surface area contributed by atoms with Gasteiger partial charge in [-0.1, -0.05) is 35.5 Å². The molecule has 1 saturated heterocycles. The van der Waals surface area contributed by atoms with Crippen molar-refractivity contribution < 1.29 is 13.9 Å². The minimum absolute atomic E-state index is 0.145. The Bertz CT molecular complexity index is 1050. The number of aromatic nitrogens is 2. The molecule has 1 aliphatic rings. The molecule has 1 amide bonds. The van der Waals surface area contributed by atoms with Gasteiger partial charge in [-0.25, -0.2) is 0 Å². The summed E-state index contributed by atoms with van der Waals surface area (Å²) in [7, 11) is 1.60. The molecule has 0 saturated carbocycles. The average molecular weight is 459 g/mol. The summed E-state index contributed by atoms with van der Waals surface area (Å²) in [5, 5.41) is 12.0. The fourth-order valence-electron chi connectivity index (χ4n) is 3.51. The fraction of sp³-hybridized carbons (Fsp3) is 0.318. The Labute approximate surface area is 190 Å². The maximum Gasteiger partial charge on any atom is 0.277 e. The second kappa shape index (κ2) is 10.1. The van der Waals surface area contributed by atoms with E-state index in [0.717, 1.165) is 42.9 Å². The van der Waals surface area contributed by atoms with Gasteiger partial charge in [-0.15, -0.1) is 10.2 Å². The Morgan fingerprint density at radius 1 is 1.19 bits per heavy atom. The summed E-state index contributed by atoms with van der Waals surface area (Å²) in [6.07, 6.45) is 3.48. The van der Waals surface area contributed by atoms with Crippen LogP contribution in [-0.2, 0) is 4.79 Å². The number of piperidine rings is 1. The molecule has 0 bridgehead atoms. The molecule has 4 rings (SSSR count). The lowest BCUT2D eigenvalue weighted by atomic mass is 10.1. The van der Waals surface area contributed by atoms with Crippen LogP contribution >= 0.6 is 23.4 Å². The fourth-order valence-corrected chi connectivity index (χ4v) is 4.37. The molecule has 0 aliphatic carbocycles. The number of thioether (sulfide) groups is 1. The van der Waals surface area contributed by atoms with Gasteiger partial charge in [0.2, 0.25) is 11.8 Å². The lowest BCUT2D eigenvalue weighted by Gasteiger charge is -2.31. The number of para-hydroxylation sites is 1. The highest BCUT2D eigenvalue weighted by Gasteiger charge is 2.19. The zero-order valence-corrected chi connectivity index (χ0v) is 18.7. The number of ether oxygens (including phenoxy) is 1. The first-order valence-electron chi connectivity index (χ1n) is 10.1. The van der Waals surface area contributed by atoms with Crippen LogP contribution in [0.3, 0.4) is 0 Å². The van der Waals surface area contributed by atoms with Gasteiger partial charge in [0.1, 0.15) is 5.75 Å². The number of anilines is 2. The lowest BCUT2D eigenvalue weighted by Crippen LogP contribution is -2.30. The van der Waals surface area contributed by atoms with E-state index in [1.165, 1.54) is 18.2 Å². The number of hydrogen-bond acceptors (Lipinski definition) is 7. The zero-order valence-electron chi connectivity index (χ0n) is 17.1. The van der Waals surface area contributed by atoms with Crippen LogP contribution in [0.2, 0.25) is 5.02 Å². The predicted molar refractivity (Wildman–Crippen MR) is 123 cm³/mol. The molecule has 162 valence electrons. The van der Waals surface area contributed by atoms with E-state index in [2.05, 4.69) is 20.4 Å². The summed E-state index contributed by atoms with van der Waals surface area (Å²) in [4.78, 5) is 14.8. The molecule has 1 fully saturated rings. The van der Waals surface area contributed by atoms with E-state index < -0.39 is 0 Å². The highest BCUT2D eigenvalue weighted by molar-refractivity contribution is 7.99. The van der Waals surface area contributed by atoms with Crippen LogP contribution in [0.5, 0.6) is 5.75 Å². The van der Waals surface area contributed by atoms with Crippen LogP contribution in [0.15, 0.2) is 52.1 Å². The maximum absolute atomic E-state index is 12.6. The third-order valence-corrected chi connectivity index (χ3v) is 6.11. The summed E-state index contributed by atoms with van der Waals surface area (Å²) >= 11 is 7.65. The van der Waals surface area contributed by atoms with Crippen molar-refractivity contribution in [3.63, 3.8) is 0 Å². The van der Waals surface area contributed by atoms with Crippen molar-refractivity contribution in [1.82, 2.24) is 10.2 Å². The monoisotopic (exact) mass is 458 g/mol. The van der Waals surface area contributed by atoms with Crippen LogP contribution in [-0.4, -0.2) is 42.1 Å². The van der Waals surface area contributed by atoms with Gasteiger partial charge in [0.05, 0.1) is 29.3 Å². The van der Waals surface area contributed by atoms with E-state index in [0.29, 0.717) is 21.9 Å². The third-order valence-electron chi connectivity index (χ3n) is 4.98. The van der Waals surface area contributed by atoms with Crippen LogP contribution in [0, 0.1) is 0 Å². The second-order valence-electron chi connectivity index (χ2n) is 7.13. The van der Waals surface area contributed by atoms with E-state index in [-0.39, 0.29) is 11.7 Å². The summed E-state index contributed by atoms with van der Waals surface area (Å²) in [5.74, 6) is 1.07. The Morgan fingerprint density at radius 3 is 2.81 bits per heavy atom. The highest BCUT2D eigenvalue weighted by atomic mass is 35.5. The lowest BCUT2D eigenvalue weighted by molar-refractivity contribution is -0.113. The van der Waals surface area contributed by atoms with Crippen molar-refractivity contribution in [3.8, 4) is 17.2 Å². The molecule has 7 nitrogen and oxygen atoms in total. The quantitative estimate of drug-likeness (QED) is 0.492. The maximum atomic E-state index is 12.6. The van der Waals surface area contributed by atoms with Gasteiger partial charge in [0.15, 0.2) is 0 Å². The summed E-state index contributed by atoms with van der Waals surface area (Å²) in [5.41, 5.74) is 2.37. The van der Waals surface area contributed by atoms with E-state index in [9.17, 15) is 4.79 Å². The van der Waals surface area contributed by atoms with Crippen molar-refractivity contribution in [1.29, 1.82) is 0 Å². The molecule has 0 atom stereocenters. The van der Waals surface area contributed by atoms with Gasteiger partial charge >= 0.3 is 0 Å². The van der Waals surface area contributed by atoms with Gasteiger partial charge in [-0.3, -0.25) is 4.79 Å². The molecule has 1 aliphatic heterocycles. The summed E-state index contributed by atoms with van der Waals surface area (Å²) in [6.45, 7) is 1.88. The molecular weight excluding hydrogens is 436 g/mol. The minimum atomic E-state index is -0.161. The normalized spacial score (nSPS) is 13.8. The molecule has 3 aromatic rings. The van der Waals surface area contributed by atoms with E-state index in [1.807, 2.05) is 42.5 Å². The van der Waals surface area contributed by atoms with Crippen molar-refractivity contribution in [2.75, 3.05) is 36.2 Å². The SMILES string of the molecule is COc1cccc(-c2nnc(SCC(=O)Nc3cccc(Cl)c3N3CCCCC3)o2)c1. The highest BCUT2D eigenvalue weighted by Crippen LogP contribution is 2.36.